The molecule has 0 bridgehead atoms. The normalized spacial score (nSPS) is 14.1. The number of hydrogen-bond acceptors (Lipinski definition) is 3. The molecule has 0 spiro atoms. The lowest BCUT2D eigenvalue weighted by Gasteiger charge is -2.32. The van der Waals surface area contributed by atoms with E-state index in [1.807, 2.05) is 49.0 Å². The zero-order chi connectivity index (χ0) is 15.5. The molecule has 1 aromatic heterocycles. The number of aliphatic hydroxyl groups excluding tert-OH is 1. The van der Waals surface area contributed by atoms with Crippen LogP contribution in [0.3, 0.4) is 0 Å². The van der Waals surface area contributed by atoms with E-state index >= 15 is 0 Å². The van der Waals surface area contributed by atoms with Crippen molar-refractivity contribution in [1.29, 1.82) is 0 Å². The second-order valence-corrected chi connectivity index (χ2v) is 5.52. The number of nitrogens with one attached hydrogen (secondary N) is 1. The van der Waals surface area contributed by atoms with Gasteiger partial charge in [0.2, 0.25) is 0 Å². The number of aliphatic hydroxyl groups is 1. The zero-order valence-corrected chi connectivity index (χ0v) is 13.3. The van der Waals surface area contributed by atoms with Crippen LogP contribution in [0.25, 0.3) is 0 Å². The predicted molar refractivity (Wildman–Crippen MR) is 85.3 cm³/mol. The van der Waals surface area contributed by atoms with E-state index < -0.39 is 5.54 Å². The molecule has 1 atom stereocenters. The molecule has 2 rings (SSSR count). The van der Waals surface area contributed by atoms with Crippen molar-refractivity contribution in [2.45, 2.75) is 39.3 Å². The quantitative estimate of drug-likeness (QED) is 0.856. The van der Waals surface area contributed by atoms with Gasteiger partial charge in [-0.1, -0.05) is 37.3 Å². The molecule has 0 saturated carbocycles. The van der Waals surface area contributed by atoms with Crippen molar-refractivity contribution >= 4 is 0 Å². The Morgan fingerprint density at radius 1 is 1.24 bits per heavy atom. The molecule has 21 heavy (non-hydrogen) atoms. The van der Waals surface area contributed by atoms with Crippen molar-refractivity contribution in [2.75, 3.05) is 13.7 Å². The van der Waals surface area contributed by atoms with Crippen LogP contribution in [0, 0.1) is 13.8 Å². The van der Waals surface area contributed by atoms with Crippen LogP contribution in [0.4, 0.5) is 0 Å². The number of likely N-dealkylation sites (N-methyl/N-ethyl adjacent to an activating group) is 1. The van der Waals surface area contributed by atoms with E-state index in [0.717, 1.165) is 17.7 Å². The fourth-order valence-electron chi connectivity index (χ4n) is 2.95. The van der Waals surface area contributed by atoms with Crippen LogP contribution in [-0.2, 0) is 18.5 Å². The summed E-state index contributed by atoms with van der Waals surface area (Å²) in [5, 5.41) is 18.0. The Bertz CT molecular complexity index is 586. The first-order valence-corrected chi connectivity index (χ1v) is 7.46. The highest BCUT2D eigenvalue weighted by molar-refractivity contribution is 5.27. The summed E-state index contributed by atoms with van der Waals surface area (Å²) in [5.41, 5.74) is 4.10. The molecule has 0 radical (unpaired) electrons. The van der Waals surface area contributed by atoms with Gasteiger partial charge in [-0.3, -0.25) is 4.68 Å². The summed E-state index contributed by atoms with van der Waals surface area (Å²) in [6, 6.07) is 10.1. The van der Waals surface area contributed by atoms with Crippen molar-refractivity contribution in [3.05, 3.63) is 52.8 Å². The van der Waals surface area contributed by atoms with Crippen molar-refractivity contribution in [3.8, 4) is 0 Å². The van der Waals surface area contributed by atoms with Crippen LogP contribution in [0.5, 0.6) is 0 Å². The molecular weight excluding hydrogens is 262 g/mol. The summed E-state index contributed by atoms with van der Waals surface area (Å²) in [6.45, 7) is 6.92. The Kier molecular flexibility index (Phi) is 4.80. The summed E-state index contributed by atoms with van der Waals surface area (Å²) >= 11 is 0. The van der Waals surface area contributed by atoms with Gasteiger partial charge < -0.3 is 10.4 Å². The average molecular weight is 287 g/mol. The fourth-order valence-corrected chi connectivity index (χ4v) is 2.95. The van der Waals surface area contributed by atoms with E-state index in [4.69, 9.17) is 0 Å². The number of aryl methyl sites for hydroxylation is 1. The second-order valence-electron chi connectivity index (χ2n) is 5.52. The molecule has 2 aromatic rings. The molecule has 1 unspecified atom stereocenters. The summed E-state index contributed by atoms with van der Waals surface area (Å²) in [7, 11) is 1.88. The molecule has 0 aliphatic rings. The number of nitrogens with zero attached hydrogens (tertiary/aromatic N) is 2. The van der Waals surface area contributed by atoms with E-state index in [1.165, 1.54) is 11.3 Å². The van der Waals surface area contributed by atoms with E-state index in [0.29, 0.717) is 6.54 Å². The number of rotatable bonds is 6. The maximum absolute atomic E-state index is 10.0. The third kappa shape index (κ3) is 2.87. The minimum Gasteiger partial charge on any atom is -0.394 e. The molecule has 4 heteroatoms. The summed E-state index contributed by atoms with van der Waals surface area (Å²) < 4.78 is 2.01. The van der Waals surface area contributed by atoms with Crippen molar-refractivity contribution < 1.29 is 5.11 Å². The molecular formula is C17H25N3O. The third-order valence-corrected chi connectivity index (χ3v) is 4.38. The molecule has 0 aliphatic heterocycles. The number of benzene rings is 1. The lowest BCUT2D eigenvalue weighted by atomic mass is 9.90. The summed E-state index contributed by atoms with van der Waals surface area (Å²) in [5.74, 6) is 0. The molecule has 1 heterocycles. The van der Waals surface area contributed by atoms with Gasteiger partial charge in [0.05, 0.1) is 24.4 Å². The Labute approximate surface area is 126 Å². The van der Waals surface area contributed by atoms with Gasteiger partial charge in [0.25, 0.3) is 0 Å². The van der Waals surface area contributed by atoms with Crippen LogP contribution >= 0.6 is 0 Å². The average Bonchev–Trinajstić information content (AvgIpc) is 2.79. The largest absolute Gasteiger partial charge is 0.394 e. The lowest BCUT2D eigenvalue weighted by Crippen LogP contribution is -2.47. The van der Waals surface area contributed by atoms with Crippen LogP contribution in [0.1, 0.15) is 29.4 Å². The van der Waals surface area contributed by atoms with Crippen molar-refractivity contribution in [1.82, 2.24) is 15.1 Å². The van der Waals surface area contributed by atoms with E-state index in [9.17, 15) is 5.11 Å². The molecule has 1 aromatic carbocycles. The van der Waals surface area contributed by atoms with Crippen molar-refractivity contribution in [3.63, 3.8) is 0 Å². The van der Waals surface area contributed by atoms with Gasteiger partial charge >= 0.3 is 0 Å². The Morgan fingerprint density at radius 2 is 1.90 bits per heavy atom. The molecule has 4 nitrogen and oxygen atoms in total. The van der Waals surface area contributed by atoms with Gasteiger partial charge in [-0.05, 0) is 38.4 Å². The highest BCUT2D eigenvalue weighted by Crippen LogP contribution is 2.24. The Morgan fingerprint density at radius 3 is 2.38 bits per heavy atom. The second kappa shape index (κ2) is 6.41. The van der Waals surface area contributed by atoms with E-state index in [1.54, 1.807) is 0 Å². The highest BCUT2D eigenvalue weighted by atomic mass is 16.3. The SMILES string of the molecule is CCc1c(C)nn(CC(CO)(NC)c2ccccc2)c1C. The summed E-state index contributed by atoms with van der Waals surface area (Å²) in [4.78, 5) is 0. The van der Waals surface area contributed by atoms with Crippen LogP contribution in [-0.4, -0.2) is 28.5 Å². The van der Waals surface area contributed by atoms with Crippen LogP contribution < -0.4 is 5.32 Å². The van der Waals surface area contributed by atoms with Gasteiger partial charge in [0.1, 0.15) is 0 Å². The molecule has 114 valence electrons. The maximum Gasteiger partial charge on any atom is 0.0865 e. The van der Waals surface area contributed by atoms with Gasteiger partial charge in [0.15, 0.2) is 0 Å². The van der Waals surface area contributed by atoms with E-state index in [-0.39, 0.29) is 6.61 Å². The fraction of sp³-hybridized carbons (Fsp3) is 0.471. The Hall–Kier alpha value is -1.65. The van der Waals surface area contributed by atoms with Crippen molar-refractivity contribution in [2.24, 2.45) is 0 Å². The van der Waals surface area contributed by atoms with Gasteiger partial charge in [0, 0.05) is 5.69 Å². The summed E-state index contributed by atoms with van der Waals surface area (Å²) in [6.07, 6.45) is 0.981. The third-order valence-electron chi connectivity index (χ3n) is 4.38. The van der Waals surface area contributed by atoms with Gasteiger partial charge in [-0.15, -0.1) is 0 Å². The number of hydrogen-bond donors (Lipinski definition) is 2. The molecule has 2 N–H and O–H groups in total. The first kappa shape index (κ1) is 15.7. The first-order chi connectivity index (χ1) is 10.1. The zero-order valence-electron chi connectivity index (χ0n) is 13.3. The minimum absolute atomic E-state index is 0.0212. The van der Waals surface area contributed by atoms with E-state index in [2.05, 4.69) is 24.3 Å². The minimum atomic E-state index is -0.518. The maximum atomic E-state index is 10.0. The van der Waals surface area contributed by atoms with Crippen LogP contribution in [0.2, 0.25) is 0 Å². The van der Waals surface area contributed by atoms with Crippen LogP contribution in [0.15, 0.2) is 30.3 Å². The van der Waals surface area contributed by atoms with Gasteiger partial charge in [-0.2, -0.15) is 5.10 Å². The lowest BCUT2D eigenvalue weighted by molar-refractivity contribution is 0.145. The Balaban J connectivity index is 2.42. The monoisotopic (exact) mass is 287 g/mol. The first-order valence-electron chi connectivity index (χ1n) is 7.46. The molecule has 0 saturated heterocycles. The molecule has 0 aliphatic carbocycles. The standard InChI is InChI=1S/C17H25N3O/c1-5-16-13(2)19-20(14(16)3)11-17(12-21,18-4)15-9-7-6-8-10-15/h6-10,18,21H,5,11-12H2,1-4H3. The highest BCUT2D eigenvalue weighted by Gasteiger charge is 2.31. The smallest absolute Gasteiger partial charge is 0.0865 e. The number of aromatic nitrogens is 2. The predicted octanol–water partition coefficient (Wildman–Crippen LogP) is 2.17. The molecule has 0 fully saturated rings. The van der Waals surface area contributed by atoms with Gasteiger partial charge in [-0.25, -0.2) is 0 Å². The molecule has 0 amide bonds. The topological polar surface area (TPSA) is 50.1 Å².